The number of hydrogen-bond donors (Lipinski definition) is 1. The minimum atomic E-state index is -2.83. The maximum atomic E-state index is 11.5. The van der Waals surface area contributed by atoms with E-state index in [0.29, 0.717) is 30.8 Å². The highest BCUT2D eigenvalue weighted by Gasteiger charge is 2.22. The topological polar surface area (TPSA) is 49.4 Å². The minimum Gasteiger partial charge on any atom is -0.313 e. The first-order valence-corrected chi connectivity index (χ1v) is 8.41. The molecule has 1 N–H and O–H groups in total. The van der Waals surface area contributed by atoms with Gasteiger partial charge in [0.1, 0.15) is 0 Å². The van der Waals surface area contributed by atoms with Crippen LogP contribution in [0.25, 0.3) is 0 Å². The molecule has 0 amide bonds. The molecule has 0 aromatic carbocycles. The third-order valence-electron chi connectivity index (χ3n) is 3.57. The molecule has 0 aliphatic carbocycles. The second-order valence-corrected chi connectivity index (χ2v) is 7.46. The van der Waals surface area contributed by atoms with Crippen LogP contribution in [-0.2, 0) is 9.84 Å². The van der Waals surface area contributed by atoms with Crippen molar-refractivity contribution >= 4 is 9.84 Å². The summed E-state index contributed by atoms with van der Waals surface area (Å²) < 4.78 is 23.1. The Morgan fingerprint density at radius 1 is 1.35 bits per heavy atom. The molecule has 0 radical (unpaired) electrons. The number of rotatable bonds is 6. The van der Waals surface area contributed by atoms with E-state index in [1.54, 1.807) is 0 Å². The molecule has 0 saturated carbocycles. The number of likely N-dealkylation sites (tertiary alicyclic amines) is 1. The molecular weight excluding hydrogens is 236 g/mol. The second-order valence-electron chi connectivity index (χ2n) is 5.16. The molecule has 17 heavy (non-hydrogen) atoms. The highest BCUT2D eigenvalue weighted by atomic mass is 32.2. The van der Waals surface area contributed by atoms with Gasteiger partial charge in [0, 0.05) is 24.4 Å². The van der Waals surface area contributed by atoms with Crippen molar-refractivity contribution in [1.82, 2.24) is 10.2 Å². The third-order valence-corrected chi connectivity index (χ3v) is 5.43. The predicted molar refractivity (Wildman–Crippen MR) is 72.1 cm³/mol. The highest BCUT2D eigenvalue weighted by Crippen LogP contribution is 2.14. The smallest absolute Gasteiger partial charge is 0.151 e. The van der Waals surface area contributed by atoms with Crippen LogP contribution in [0.3, 0.4) is 0 Å². The van der Waals surface area contributed by atoms with Crippen LogP contribution in [0.1, 0.15) is 33.1 Å². The number of hydrogen-bond acceptors (Lipinski definition) is 4. The van der Waals surface area contributed by atoms with Gasteiger partial charge < -0.3 is 10.2 Å². The number of nitrogens with zero attached hydrogens (tertiary/aromatic N) is 1. The van der Waals surface area contributed by atoms with Crippen LogP contribution >= 0.6 is 0 Å². The van der Waals surface area contributed by atoms with E-state index in [0.717, 1.165) is 19.4 Å². The van der Waals surface area contributed by atoms with Crippen molar-refractivity contribution in [3.05, 3.63) is 0 Å². The first-order valence-electron chi connectivity index (χ1n) is 6.58. The van der Waals surface area contributed by atoms with Crippen molar-refractivity contribution in [1.29, 1.82) is 0 Å². The Bertz CT molecular complexity index is 316. The van der Waals surface area contributed by atoms with E-state index in [4.69, 9.17) is 0 Å². The summed E-state index contributed by atoms with van der Waals surface area (Å²) in [5.74, 6) is 0.597. The summed E-state index contributed by atoms with van der Waals surface area (Å²) in [7, 11) is -0.684. The molecule has 0 aromatic heterocycles. The summed E-state index contributed by atoms with van der Waals surface area (Å²) >= 11 is 0. The average Bonchev–Trinajstić information content (AvgIpc) is 2.23. The standard InChI is InChI=1S/C12H26N2O2S/c1-4-8-17(15,16)9-6-13-12-5-7-14(3)11(2)10-12/h11-13H,4-10H2,1-3H3. The summed E-state index contributed by atoms with van der Waals surface area (Å²) in [6, 6.07) is 1.08. The normalized spacial score (nSPS) is 27.2. The SMILES string of the molecule is CCCS(=O)(=O)CCNC1CCN(C)C(C)C1. The zero-order chi connectivity index (χ0) is 12.9. The Morgan fingerprint density at radius 3 is 2.65 bits per heavy atom. The molecule has 1 aliphatic rings. The predicted octanol–water partition coefficient (Wildman–Crippen LogP) is 0.884. The van der Waals surface area contributed by atoms with Crippen molar-refractivity contribution in [2.45, 2.75) is 45.2 Å². The summed E-state index contributed by atoms with van der Waals surface area (Å²) in [6.45, 7) is 5.83. The van der Waals surface area contributed by atoms with Gasteiger partial charge in [-0.15, -0.1) is 0 Å². The fourth-order valence-corrected chi connectivity index (χ4v) is 3.56. The molecular formula is C12H26N2O2S. The number of nitrogens with one attached hydrogen (secondary N) is 1. The average molecular weight is 262 g/mol. The van der Waals surface area contributed by atoms with Crippen LogP contribution in [0.2, 0.25) is 0 Å². The molecule has 2 atom stereocenters. The van der Waals surface area contributed by atoms with Crippen molar-refractivity contribution in [3.63, 3.8) is 0 Å². The molecule has 1 heterocycles. The molecule has 1 saturated heterocycles. The maximum Gasteiger partial charge on any atom is 0.151 e. The van der Waals surface area contributed by atoms with Gasteiger partial charge in [-0.25, -0.2) is 8.42 Å². The summed E-state index contributed by atoms with van der Waals surface area (Å²) in [5, 5.41) is 3.38. The lowest BCUT2D eigenvalue weighted by atomic mass is 9.99. The van der Waals surface area contributed by atoms with Crippen LogP contribution < -0.4 is 5.32 Å². The summed E-state index contributed by atoms with van der Waals surface area (Å²) in [4.78, 5) is 2.35. The van der Waals surface area contributed by atoms with Gasteiger partial charge in [-0.2, -0.15) is 0 Å². The van der Waals surface area contributed by atoms with Crippen LogP contribution in [0.4, 0.5) is 0 Å². The fourth-order valence-electron chi connectivity index (χ4n) is 2.31. The van der Waals surface area contributed by atoms with Crippen LogP contribution in [0.15, 0.2) is 0 Å². The molecule has 0 bridgehead atoms. The lowest BCUT2D eigenvalue weighted by Crippen LogP contribution is -2.46. The Kier molecular flexibility index (Phi) is 5.89. The van der Waals surface area contributed by atoms with E-state index in [9.17, 15) is 8.42 Å². The Morgan fingerprint density at radius 2 is 2.06 bits per heavy atom. The molecule has 0 aromatic rings. The summed E-state index contributed by atoms with van der Waals surface area (Å²) in [5.41, 5.74) is 0. The molecule has 1 aliphatic heterocycles. The number of sulfone groups is 1. The first kappa shape index (κ1) is 14.9. The van der Waals surface area contributed by atoms with Gasteiger partial charge >= 0.3 is 0 Å². The van der Waals surface area contributed by atoms with Crippen molar-refractivity contribution < 1.29 is 8.42 Å². The van der Waals surface area contributed by atoms with Crippen LogP contribution in [-0.4, -0.2) is 57.0 Å². The highest BCUT2D eigenvalue weighted by molar-refractivity contribution is 7.91. The van der Waals surface area contributed by atoms with Gasteiger partial charge in [0.2, 0.25) is 0 Å². The quantitative estimate of drug-likeness (QED) is 0.772. The molecule has 2 unspecified atom stereocenters. The van der Waals surface area contributed by atoms with Gasteiger partial charge in [-0.3, -0.25) is 0 Å². The lowest BCUT2D eigenvalue weighted by Gasteiger charge is -2.35. The lowest BCUT2D eigenvalue weighted by molar-refractivity contribution is 0.170. The monoisotopic (exact) mass is 262 g/mol. The Labute approximate surface area is 106 Å². The Hall–Kier alpha value is -0.130. The maximum absolute atomic E-state index is 11.5. The van der Waals surface area contributed by atoms with E-state index < -0.39 is 9.84 Å². The van der Waals surface area contributed by atoms with Gasteiger partial charge in [0.25, 0.3) is 0 Å². The van der Waals surface area contributed by atoms with Crippen LogP contribution in [0, 0.1) is 0 Å². The molecule has 4 nitrogen and oxygen atoms in total. The van der Waals surface area contributed by atoms with Crippen molar-refractivity contribution in [2.75, 3.05) is 31.6 Å². The largest absolute Gasteiger partial charge is 0.313 e. The van der Waals surface area contributed by atoms with Gasteiger partial charge in [0.15, 0.2) is 9.84 Å². The minimum absolute atomic E-state index is 0.279. The molecule has 102 valence electrons. The fraction of sp³-hybridized carbons (Fsp3) is 1.00. The van der Waals surface area contributed by atoms with E-state index in [-0.39, 0.29) is 5.75 Å². The van der Waals surface area contributed by atoms with Crippen molar-refractivity contribution in [2.24, 2.45) is 0 Å². The van der Waals surface area contributed by atoms with Gasteiger partial charge in [-0.05, 0) is 39.8 Å². The first-order chi connectivity index (χ1) is 7.94. The molecule has 0 spiro atoms. The van der Waals surface area contributed by atoms with Gasteiger partial charge in [0.05, 0.1) is 5.75 Å². The Balaban J connectivity index is 2.23. The molecule has 1 fully saturated rings. The van der Waals surface area contributed by atoms with Crippen molar-refractivity contribution in [3.8, 4) is 0 Å². The third kappa shape index (κ3) is 5.36. The van der Waals surface area contributed by atoms with Gasteiger partial charge in [-0.1, -0.05) is 6.92 Å². The van der Waals surface area contributed by atoms with E-state index in [1.807, 2.05) is 6.92 Å². The second kappa shape index (κ2) is 6.71. The molecule has 1 rings (SSSR count). The van der Waals surface area contributed by atoms with Crippen LogP contribution in [0.5, 0.6) is 0 Å². The summed E-state index contributed by atoms with van der Waals surface area (Å²) in [6.07, 6.45) is 2.95. The van der Waals surface area contributed by atoms with E-state index in [1.165, 1.54) is 0 Å². The number of piperidine rings is 1. The van der Waals surface area contributed by atoms with E-state index >= 15 is 0 Å². The zero-order valence-corrected chi connectivity index (χ0v) is 12.1. The zero-order valence-electron chi connectivity index (χ0n) is 11.3. The molecule has 5 heteroatoms. The van der Waals surface area contributed by atoms with E-state index in [2.05, 4.69) is 24.2 Å².